The molecule has 0 aliphatic rings. The van der Waals surface area contributed by atoms with Crippen LogP contribution in [0.15, 0.2) is 12.1 Å². The van der Waals surface area contributed by atoms with Gasteiger partial charge in [0.2, 0.25) is 0 Å². The van der Waals surface area contributed by atoms with Crippen molar-refractivity contribution in [3.05, 3.63) is 23.3 Å². The first-order valence-electron chi connectivity index (χ1n) is 12.6. The number of hydrogen-bond donors (Lipinski definition) is 0. The Bertz CT molecular complexity index is 739. The van der Waals surface area contributed by atoms with Gasteiger partial charge in [-0.2, -0.15) is 0 Å². The first kappa shape index (κ1) is 30.4. The van der Waals surface area contributed by atoms with Crippen LogP contribution in [0.3, 0.4) is 0 Å². The number of rotatable bonds is 12. The molecule has 0 atom stereocenters. The minimum atomic E-state index is -1.38. The molecule has 0 nitrogen and oxygen atoms in total. The molecule has 0 aromatic heterocycles. The molecule has 0 radical (unpaired) electrons. The van der Waals surface area contributed by atoms with E-state index in [9.17, 15) is 0 Å². The van der Waals surface area contributed by atoms with Crippen LogP contribution < -0.4 is 7.22 Å². The predicted octanol–water partition coefficient (Wildman–Crippen LogP) is 6.80. The molecule has 178 valence electrons. The predicted molar refractivity (Wildman–Crippen MR) is 156 cm³/mol. The zero-order valence-corrected chi connectivity index (χ0v) is 28.7. The Kier molecular flexibility index (Phi) is 15.3. The third-order valence-electron chi connectivity index (χ3n) is 4.74. The monoisotopic (exact) mass is 698 g/mol. The summed E-state index contributed by atoms with van der Waals surface area (Å²) in [6, 6.07) is 5.02. The van der Waals surface area contributed by atoms with Crippen LogP contribution in [-0.4, -0.2) is 58.0 Å². The van der Waals surface area contributed by atoms with Gasteiger partial charge in [-0.05, 0) is 0 Å². The summed E-state index contributed by atoms with van der Waals surface area (Å²) in [7, 11) is -2.76. The van der Waals surface area contributed by atoms with Crippen molar-refractivity contribution in [2.75, 3.05) is 0 Å². The second-order valence-corrected chi connectivity index (χ2v) is 26.7. The Labute approximate surface area is 223 Å². The number of unbranched alkanes of at least 4 members (excludes halogenated alkanes) is 6. The molecule has 0 unspecified atom stereocenters. The van der Waals surface area contributed by atoms with Crippen molar-refractivity contribution in [3.8, 4) is 22.9 Å². The van der Waals surface area contributed by atoms with Crippen molar-refractivity contribution in [3.63, 3.8) is 0 Å². The Morgan fingerprint density at radius 2 is 0.969 bits per heavy atom. The summed E-state index contributed by atoms with van der Waals surface area (Å²) >= 11 is -0.378. The second-order valence-electron chi connectivity index (χ2n) is 10.7. The zero-order valence-electron chi connectivity index (χ0n) is 22.0. The van der Waals surface area contributed by atoms with E-state index in [0.29, 0.717) is 0 Å². The van der Waals surface area contributed by atoms with Crippen molar-refractivity contribution in [2.45, 2.75) is 113 Å². The van der Waals surface area contributed by atoms with E-state index in [2.05, 4.69) is 88.2 Å². The van der Waals surface area contributed by atoms with Crippen LogP contribution in [-0.2, 0) is 0 Å². The van der Waals surface area contributed by atoms with Crippen LogP contribution in [0.25, 0.3) is 0 Å². The minimum absolute atomic E-state index is 0.189. The first-order chi connectivity index (χ1) is 15.1. The van der Waals surface area contributed by atoms with Crippen molar-refractivity contribution in [1.82, 2.24) is 0 Å². The van der Waals surface area contributed by atoms with Gasteiger partial charge in [-0.15, -0.1) is 0 Å². The van der Waals surface area contributed by atoms with Gasteiger partial charge < -0.3 is 0 Å². The van der Waals surface area contributed by atoms with Crippen LogP contribution in [0, 0.1) is 22.9 Å². The summed E-state index contributed by atoms with van der Waals surface area (Å²) in [6.07, 6.45) is 11.0. The van der Waals surface area contributed by atoms with E-state index in [4.69, 9.17) is 0 Å². The molecule has 0 bridgehead atoms. The van der Waals surface area contributed by atoms with E-state index in [-0.39, 0.29) is 41.8 Å². The standard InChI is InChI=1S/C28H46Si2Te2/c1-9-11-13-15-21-31-27-23-26(18-20-30(6,7)8)28(32-22-16-14-12-10-2)24-25(27)17-19-29(3,4)5/h23-24H,9-16,21-22H2,1-8H3. The van der Waals surface area contributed by atoms with Crippen molar-refractivity contribution < 1.29 is 0 Å². The van der Waals surface area contributed by atoms with Crippen molar-refractivity contribution >= 4 is 65.2 Å². The number of benzene rings is 1. The molecule has 0 saturated heterocycles. The maximum absolute atomic E-state index is 3.68. The molecule has 1 rings (SSSR count). The van der Waals surface area contributed by atoms with Crippen molar-refractivity contribution in [2.24, 2.45) is 0 Å². The summed E-state index contributed by atoms with van der Waals surface area (Å²) in [5, 5.41) is 0. The molecule has 0 aliphatic heterocycles. The van der Waals surface area contributed by atoms with Gasteiger partial charge in [0.15, 0.2) is 0 Å². The average molecular weight is 694 g/mol. The van der Waals surface area contributed by atoms with E-state index in [1.165, 1.54) is 71.4 Å². The third kappa shape index (κ3) is 14.6. The van der Waals surface area contributed by atoms with Gasteiger partial charge in [-0.1, -0.05) is 0 Å². The van der Waals surface area contributed by atoms with Gasteiger partial charge in [-0.25, -0.2) is 0 Å². The number of hydrogen-bond acceptors (Lipinski definition) is 0. The fourth-order valence-corrected chi connectivity index (χ4v) is 9.85. The summed E-state index contributed by atoms with van der Waals surface area (Å²) in [4.78, 5) is 0. The molecule has 1 aromatic rings. The van der Waals surface area contributed by atoms with Gasteiger partial charge in [0.25, 0.3) is 0 Å². The molecule has 0 heterocycles. The molecule has 0 aliphatic carbocycles. The molecule has 4 heteroatoms. The normalized spacial score (nSPS) is 11.5. The third-order valence-corrected chi connectivity index (χ3v) is 13.0. The van der Waals surface area contributed by atoms with Crippen LogP contribution in [0.1, 0.15) is 76.3 Å². The zero-order chi connectivity index (χ0) is 24.0. The maximum atomic E-state index is 3.68. The quantitative estimate of drug-likeness (QED) is 0.128. The van der Waals surface area contributed by atoms with Crippen LogP contribution >= 0.6 is 0 Å². The fraction of sp³-hybridized carbons (Fsp3) is 0.643. The summed E-state index contributed by atoms with van der Waals surface area (Å²) in [5.41, 5.74) is 10.1. The van der Waals surface area contributed by atoms with Crippen LogP contribution in [0.5, 0.6) is 0 Å². The van der Waals surface area contributed by atoms with E-state index < -0.39 is 16.1 Å². The van der Waals surface area contributed by atoms with E-state index in [1.54, 1.807) is 7.22 Å². The molecule has 0 amide bonds. The molecule has 1 aromatic carbocycles. The Morgan fingerprint density at radius 3 is 1.28 bits per heavy atom. The molecule has 0 spiro atoms. The molecule has 0 N–H and O–H groups in total. The fourth-order valence-electron chi connectivity index (χ4n) is 2.93. The molecule has 32 heavy (non-hydrogen) atoms. The Morgan fingerprint density at radius 1 is 0.594 bits per heavy atom. The molecule has 0 fully saturated rings. The summed E-state index contributed by atoms with van der Waals surface area (Å²) < 4.78 is 5.97. The van der Waals surface area contributed by atoms with Gasteiger partial charge in [0.05, 0.1) is 0 Å². The van der Waals surface area contributed by atoms with E-state index in [0.717, 1.165) is 0 Å². The van der Waals surface area contributed by atoms with Crippen LogP contribution in [0.4, 0.5) is 0 Å². The van der Waals surface area contributed by atoms with Gasteiger partial charge >= 0.3 is 225 Å². The Hall–Kier alpha value is 0.353. The van der Waals surface area contributed by atoms with Gasteiger partial charge in [0, 0.05) is 0 Å². The van der Waals surface area contributed by atoms with Crippen LogP contribution in [0.2, 0.25) is 48.2 Å². The topological polar surface area (TPSA) is 0 Å². The second kappa shape index (κ2) is 16.1. The molecule has 0 saturated carbocycles. The SMILES string of the molecule is CCCCCC[Te]c1cc(C#C[Si](C)(C)C)c([Te]CCCCCC)cc1C#C[Si](C)(C)C. The molecular formula is C28H46Si2Te2. The van der Waals surface area contributed by atoms with Gasteiger partial charge in [-0.3, -0.25) is 0 Å². The summed E-state index contributed by atoms with van der Waals surface area (Å²) in [6.45, 7) is 18.8. The molecular weight excluding hydrogens is 648 g/mol. The van der Waals surface area contributed by atoms with Crippen molar-refractivity contribution in [1.29, 1.82) is 0 Å². The first-order valence-corrected chi connectivity index (χ1v) is 25.2. The van der Waals surface area contributed by atoms with Gasteiger partial charge in [0.1, 0.15) is 0 Å². The van der Waals surface area contributed by atoms with E-state index >= 15 is 0 Å². The summed E-state index contributed by atoms with van der Waals surface area (Å²) in [5.74, 6) is 7.36. The van der Waals surface area contributed by atoms with E-state index in [1.807, 2.05) is 0 Å². The Balaban J connectivity index is 3.26. The average Bonchev–Trinajstić information content (AvgIpc) is 2.70.